The van der Waals surface area contributed by atoms with Gasteiger partial charge in [0.15, 0.2) is 6.19 Å². The molecule has 0 aromatic heterocycles. The molecule has 0 atom stereocenters. The fourth-order valence-electron chi connectivity index (χ4n) is 1.62. The van der Waals surface area contributed by atoms with Crippen LogP contribution in [0.15, 0.2) is 59.6 Å². The maximum Gasteiger partial charge on any atom is 0.182 e. The van der Waals surface area contributed by atoms with Crippen molar-refractivity contribution in [1.82, 2.24) is 5.32 Å². The molecule has 2 rings (SSSR count). The molecule has 94 valence electrons. The second-order valence-electron chi connectivity index (χ2n) is 3.76. The zero-order valence-electron chi connectivity index (χ0n) is 10.5. The Hall–Kier alpha value is -2.80. The molecule has 0 saturated heterocycles. The Labute approximate surface area is 112 Å². The molecule has 0 amide bonds. The van der Waals surface area contributed by atoms with Crippen LogP contribution >= 0.6 is 0 Å². The van der Waals surface area contributed by atoms with Crippen molar-refractivity contribution in [1.29, 1.82) is 5.26 Å². The van der Waals surface area contributed by atoms with Crippen LogP contribution in [-0.4, -0.2) is 12.9 Å². The van der Waals surface area contributed by atoms with E-state index in [1.54, 1.807) is 7.11 Å². The summed E-state index contributed by atoms with van der Waals surface area (Å²) in [4.78, 5) is 4.43. The highest BCUT2D eigenvalue weighted by molar-refractivity contribution is 6.01. The smallest absolute Gasteiger partial charge is 0.182 e. The molecule has 0 heterocycles. The van der Waals surface area contributed by atoms with Gasteiger partial charge in [-0.3, -0.25) is 5.32 Å². The molecule has 0 aliphatic carbocycles. The van der Waals surface area contributed by atoms with Crippen molar-refractivity contribution < 1.29 is 4.74 Å². The Morgan fingerprint density at radius 2 is 1.95 bits per heavy atom. The summed E-state index contributed by atoms with van der Waals surface area (Å²) in [5.74, 6) is 1.24. The quantitative estimate of drug-likeness (QED) is 0.395. The molecule has 1 N–H and O–H groups in total. The molecule has 0 unspecified atom stereocenters. The van der Waals surface area contributed by atoms with E-state index in [4.69, 9.17) is 10.00 Å². The van der Waals surface area contributed by atoms with Crippen molar-refractivity contribution >= 4 is 11.5 Å². The van der Waals surface area contributed by atoms with Crippen molar-refractivity contribution in [2.75, 3.05) is 7.11 Å². The van der Waals surface area contributed by atoms with Gasteiger partial charge in [-0.1, -0.05) is 36.4 Å². The second-order valence-corrected chi connectivity index (χ2v) is 3.76. The number of nitrogens with zero attached hydrogens (tertiary/aromatic N) is 2. The number of nitrogens with one attached hydrogen (secondary N) is 1. The van der Waals surface area contributed by atoms with Crippen LogP contribution < -0.4 is 10.1 Å². The zero-order chi connectivity index (χ0) is 13.5. The van der Waals surface area contributed by atoms with E-state index in [0.717, 1.165) is 17.0 Å². The molecule has 0 spiro atoms. The average Bonchev–Trinajstić information content (AvgIpc) is 2.48. The Bertz CT molecular complexity index is 615. The minimum atomic E-state index is 0.511. The molecule has 0 saturated carbocycles. The number of amidine groups is 1. The second kappa shape index (κ2) is 6.22. The summed E-state index contributed by atoms with van der Waals surface area (Å²) in [6.45, 7) is 0. The molecule has 4 heteroatoms. The fourth-order valence-corrected chi connectivity index (χ4v) is 1.62. The number of ether oxygens (including phenoxy) is 1. The third kappa shape index (κ3) is 3.33. The van der Waals surface area contributed by atoms with Crippen LogP contribution in [0.5, 0.6) is 5.75 Å². The van der Waals surface area contributed by atoms with E-state index in [1.807, 2.05) is 60.8 Å². The lowest BCUT2D eigenvalue weighted by molar-refractivity contribution is 0.415. The number of hydrogen-bond acceptors (Lipinski definition) is 3. The standard InChI is InChI=1S/C15H13N3O/c1-19-14-9-5-8-13(10-14)18-15(17-11-16)12-6-3-2-4-7-12/h2-10H,1H3,(H,17,18). The van der Waals surface area contributed by atoms with Gasteiger partial charge >= 0.3 is 0 Å². The molecule has 0 fully saturated rings. The summed E-state index contributed by atoms with van der Waals surface area (Å²) in [6, 6.07) is 16.9. The SMILES string of the molecule is COc1cccc(N=C(NC#N)c2ccccc2)c1. The van der Waals surface area contributed by atoms with Crippen LogP contribution in [0.25, 0.3) is 0 Å². The summed E-state index contributed by atoms with van der Waals surface area (Å²) in [7, 11) is 1.61. The highest BCUT2D eigenvalue weighted by Crippen LogP contribution is 2.20. The highest BCUT2D eigenvalue weighted by atomic mass is 16.5. The Morgan fingerprint density at radius 3 is 2.63 bits per heavy atom. The van der Waals surface area contributed by atoms with Crippen molar-refractivity contribution in [2.45, 2.75) is 0 Å². The molecular weight excluding hydrogens is 238 g/mol. The lowest BCUT2D eigenvalue weighted by Gasteiger charge is -2.05. The van der Waals surface area contributed by atoms with Crippen LogP contribution in [0.2, 0.25) is 0 Å². The van der Waals surface area contributed by atoms with E-state index in [9.17, 15) is 0 Å². The minimum absolute atomic E-state index is 0.511. The molecule has 0 aliphatic rings. The number of nitriles is 1. The van der Waals surface area contributed by atoms with Gasteiger partial charge < -0.3 is 4.74 Å². The predicted octanol–water partition coefficient (Wildman–Crippen LogP) is 2.84. The maximum atomic E-state index is 8.81. The third-order valence-electron chi connectivity index (χ3n) is 2.52. The van der Waals surface area contributed by atoms with Gasteiger partial charge in [0.25, 0.3) is 0 Å². The largest absolute Gasteiger partial charge is 0.497 e. The molecular formula is C15H13N3O. The number of hydrogen-bond donors (Lipinski definition) is 1. The maximum absolute atomic E-state index is 8.81. The Kier molecular flexibility index (Phi) is 4.14. The number of methoxy groups -OCH3 is 1. The molecule has 4 nitrogen and oxygen atoms in total. The van der Waals surface area contributed by atoms with Crippen LogP contribution in [0, 0.1) is 11.5 Å². The van der Waals surface area contributed by atoms with E-state index in [1.165, 1.54) is 0 Å². The van der Waals surface area contributed by atoms with Crippen LogP contribution in [0.4, 0.5) is 5.69 Å². The van der Waals surface area contributed by atoms with E-state index in [2.05, 4.69) is 10.3 Å². The summed E-state index contributed by atoms with van der Waals surface area (Å²) in [5, 5.41) is 11.4. The Morgan fingerprint density at radius 1 is 1.16 bits per heavy atom. The first-order valence-corrected chi connectivity index (χ1v) is 5.77. The summed E-state index contributed by atoms with van der Waals surface area (Å²) < 4.78 is 5.15. The van der Waals surface area contributed by atoms with Gasteiger partial charge in [0.1, 0.15) is 11.6 Å². The summed E-state index contributed by atoms with van der Waals surface area (Å²) in [5.41, 5.74) is 1.58. The molecule has 0 aliphatic heterocycles. The monoisotopic (exact) mass is 251 g/mol. The highest BCUT2D eigenvalue weighted by Gasteiger charge is 2.02. The molecule has 0 bridgehead atoms. The average molecular weight is 251 g/mol. The molecule has 19 heavy (non-hydrogen) atoms. The van der Waals surface area contributed by atoms with Crippen molar-refractivity contribution in [2.24, 2.45) is 4.99 Å². The normalized spacial score (nSPS) is 10.6. The number of aliphatic imine (C=N–C) groups is 1. The van der Waals surface area contributed by atoms with E-state index < -0.39 is 0 Å². The van der Waals surface area contributed by atoms with Crippen LogP contribution in [0.1, 0.15) is 5.56 Å². The molecule has 2 aromatic carbocycles. The van der Waals surface area contributed by atoms with Gasteiger partial charge in [-0.25, -0.2) is 4.99 Å². The first kappa shape index (κ1) is 12.7. The summed E-state index contributed by atoms with van der Waals surface area (Å²) in [6.07, 6.45) is 1.90. The number of rotatable bonds is 3. The van der Waals surface area contributed by atoms with Gasteiger partial charge in [0, 0.05) is 11.6 Å². The predicted molar refractivity (Wildman–Crippen MR) is 74.4 cm³/mol. The molecule has 0 radical (unpaired) electrons. The topological polar surface area (TPSA) is 57.4 Å². The van der Waals surface area contributed by atoms with Crippen molar-refractivity contribution in [3.63, 3.8) is 0 Å². The first-order chi connectivity index (χ1) is 9.33. The van der Waals surface area contributed by atoms with E-state index in [-0.39, 0.29) is 0 Å². The lowest BCUT2D eigenvalue weighted by Crippen LogP contribution is -2.18. The van der Waals surface area contributed by atoms with Gasteiger partial charge in [-0.05, 0) is 12.1 Å². The van der Waals surface area contributed by atoms with E-state index >= 15 is 0 Å². The minimum Gasteiger partial charge on any atom is -0.497 e. The van der Waals surface area contributed by atoms with Crippen LogP contribution in [-0.2, 0) is 0 Å². The van der Waals surface area contributed by atoms with Crippen molar-refractivity contribution in [3.8, 4) is 11.9 Å². The van der Waals surface area contributed by atoms with Crippen molar-refractivity contribution in [3.05, 3.63) is 60.2 Å². The fraction of sp³-hybridized carbons (Fsp3) is 0.0667. The lowest BCUT2D eigenvalue weighted by atomic mass is 10.2. The molecule has 2 aromatic rings. The van der Waals surface area contributed by atoms with Gasteiger partial charge in [0.2, 0.25) is 0 Å². The number of benzene rings is 2. The third-order valence-corrected chi connectivity index (χ3v) is 2.52. The Balaban J connectivity index is 2.38. The summed E-state index contributed by atoms with van der Waals surface area (Å²) >= 11 is 0. The zero-order valence-corrected chi connectivity index (χ0v) is 10.5. The van der Waals surface area contributed by atoms with Gasteiger partial charge in [0.05, 0.1) is 12.8 Å². The first-order valence-electron chi connectivity index (χ1n) is 5.77. The van der Waals surface area contributed by atoms with Gasteiger partial charge in [-0.15, -0.1) is 0 Å². The van der Waals surface area contributed by atoms with Gasteiger partial charge in [-0.2, -0.15) is 5.26 Å². The van der Waals surface area contributed by atoms with E-state index in [0.29, 0.717) is 5.84 Å². The van der Waals surface area contributed by atoms with Crippen LogP contribution in [0.3, 0.4) is 0 Å².